The number of aromatic nitrogens is 1. The van der Waals surface area contributed by atoms with Crippen molar-refractivity contribution in [3.8, 4) is 0 Å². The van der Waals surface area contributed by atoms with Crippen molar-refractivity contribution in [2.75, 3.05) is 5.73 Å². The zero-order valence-corrected chi connectivity index (χ0v) is 13.4. The first kappa shape index (κ1) is 15.5. The molecule has 3 rings (SSSR count). The van der Waals surface area contributed by atoms with Gasteiger partial charge in [-0.2, -0.15) is 0 Å². The first-order valence-corrected chi connectivity index (χ1v) is 6.96. The van der Waals surface area contributed by atoms with Crippen molar-refractivity contribution < 1.29 is 31.4 Å². The van der Waals surface area contributed by atoms with E-state index in [1.165, 1.54) is 0 Å². The van der Waals surface area contributed by atoms with Gasteiger partial charge in [-0.3, -0.25) is 5.73 Å². The number of thiazole rings is 1. The highest BCUT2D eigenvalue weighted by molar-refractivity contribution is 7.21. The van der Waals surface area contributed by atoms with E-state index in [9.17, 15) is 4.79 Å². The van der Waals surface area contributed by atoms with Crippen LogP contribution in [0.25, 0.3) is 10.2 Å². The third kappa shape index (κ3) is 3.06. The number of nitrogens with zero attached hydrogens (tertiary/aromatic N) is 1. The van der Waals surface area contributed by atoms with E-state index in [0.29, 0.717) is 12.1 Å². The van der Waals surface area contributed by atoms with Crippen molar-refractivity contribution in [2.24, 2.45) is 0 Å². The number of nitrogen functional groups attached to an aromatic ring is 1. The Kier molecular flexibility index (Phi) is 4.59. The molecule has 0 aliphatic rings. The summed E-state index contributed by atoms with van der Waals surface area (Å²) >= 11 is 1.55. The molecule has 0 aliphatic heterocycles. The van der Waals surface area contributed by atoms with Crippen molar-refractivity contribution >= 4 is 32.7 Å². The van der Waals surface area contributed by atoms with Crippen LogP contribution in [0.5, 0.6) is 0 Å². The molecule has 0 spiro atoms. The Morgan fingerprint density at radius 1 is 1.14 bits per heavy atom. The normalized spacial score (nSPS) is 10.3. The minimum Gasteiger partial charge on any atom is -1.00 e. The third-order valence-electron chi connectivity index (χ3n) is 3.18. The Labute approximate surface area is 136 Å². The van der Waals surface area contributed by atoms with E-state index in [0.717, 1.165) is 20.9 Å². The lowest BCUT2D eigenvalue weighted by Crippen LogP contribution is -3.00. The van der Waals surface area contributed by atoms with Crippen LogP contribution in [-0.2, 0) is 6.54 Å². The predicted molar refractivity (Wildman–Crippen MR) is 78.9 cm³/mol. The summed E-state index contributed by atoms with van der Waals surface area (Å²) < 4.78 is 3.18. The third-order valence-corrected chi connectivity index (χ3v) is 4.17. The molecule has 0 aliphatic carbocycles. The highest BCUT2D eigenvalue weighted by Crippen LogP contribution is 2.22. The molecule has 0 bridgehead atoms. The molecular formula is C15H13BrN2O2S. The van der Waals surface area contributed by atoms with Gasteiger partial charge in [-0.1, -0.05) is 24.3 Å². The first-order chi connectivity index (χ1) is 9.65. The summed E-state index contributed by atoms with van der Waals surface area (Å²) in [5.41, 5.74) is 8.48. The molecule has 3 N–H and O–H groups in total. The molecular weight excluding hydrogens is 352 g/mol. The van der Waals surface area contributed by atoms with Crippen LogP contribution in [0.15, 0.2) is 48.5 Å². The molecule has 0 fully saturated rings. The number of para-hydroxylation sites is 1. The van der Waals surface area contributed by atoms with Gasteiger partial charge in [-0.05, 0) is 41.2 Å². The summed E-state index contributed by atoms with van der Waals surface area (Å²) in [5, 5.41) is 9.64. The van der Waals surface area contributed by atoms with Crippen LogP contribution < -0.4 is 27.3 Å². The highest BCUT2D eigenvalue weighted by atomic mass is 79.9. The van der Waals surface area contributed by atoms with Crippen LogP contribution in [0.4, 0.5) is 5.13 Å². The molecule has 6 heteroatoms. The maximum absolute atomic E-state index is 10.8. The van der Waals surface area contributed by atoms with Crippen LogP contribution in [0.1, 0.15) is 15.9 Å². The number of benzene rings is 2. The Morgan fingerprint density at radius 3 is 2.48 bits per heavy atom. The zero-order chi connectivity index (χ0) is 14.1. The van der Waals surface area contributed by atoms with Crippen molar-refractivity contribution in [1.82, 2.24) is 0 Å². The summed E-state index contributed by atoms with van der Waals surface area (Å²) in [7, 11) is 0. The Bertz CT molecular complexity index is 784. The molecule has 0 radical (unpaired) electrons. The lowest BCUT2D eigenvalue weighted by molar-refractivity contribution is -0.644. The molecule has 0 atom stereocenters. The Hall–Kier alpha value is -1.92. The van der Waals surface area contributed by atoms with Crippen LogP contribution in [-0.4, -0.2) is 11.1 Å². The highest BCUT2D eigenvalue weighted by Gasteiger charge is 2.14. The molecule has 3 aromatic rings. The number of anilines is 1. The lowest BCUT2D eigenvalue weighted by atomic mass is 10.1. The minimum atomic E-state index is -0.912. The molecule has 4 nitrogen and oxygen atoms in total. The summed E-state index contributed by atoms with van der Waals surface area (Å²) in [6, 6.07) is 14.9. The number of carbonyl (C=O) groups is 1. The maximum Gasteiger partial charge on any atom is 0.335 e. The molecule has 0 amide bonds. The molecule has 0 saturated carbocycles. The second kappa shape index (κ2) is 6.24. The molecule has 108 valence electrons. The Morgan fingerprint density at radius 2 is 1.81 bits per heavy atom. The molecule has 0 saturated heterocycles. The largest absolute Gasteiger partial charge is 1.00 e. The van der Waals surface area contributed by atoms with E-state index < -0.39 is 5.97 Å². The van der Waals surface area contributed by atoms with Gasteiger partial charge in [0.2, 0.25) is 0 Å². The average molecular weight is 365 g/mol. The maximum atomic E-state index is 10.8. The first-order valence-electron chi connectivity index (χ1n) is 6.14. The second-order valence-electron chi connectivity index (χ2n) is 4.50. The van der Waals surface area contributed by atoms with Gasteiger partial charge in [0.15, 0.2) is 0 Å². The molecule has 21 heavy (non-hydrogen) atoms. The van der Waals surface area contributed by atoms with E-state index >= 15 is 0 Å². The molecule has 2 aromatic carbocycles. The number of hydrogen-bond donors (Lipinski definition) is 2. The van der Waals surface area contributed by atoms with Crippen LogP contribution >= 0.6 is 11.3 Å². The summed E-state index contributed by atoms with van der Waals surface area (Å²) in [6.07, 6.45) is 0. The van der Waals surface area contributed by atoms with Crippen molar-refractivity contribution in [3.63, 3.8) is 0 Å². The number of fused-ring (bicyclic) bond motifs is 1. The zero-order valence-electron chi connectivity index (χ0n) is 11.0. The summed E-state index contributed by atoms with van der Waals surface area (Å²) in [4.78, 5) is 10.8. The summed E-state index contributed by atoms with van der Waals surface area (Å²) in [6.45, 7) is 0.635. The second-order valence-corrected chi connectivity index (χ2v) is 5.56. The number of carboxylic acids is 1. The number of halogens is 1. The topological polar surface area (TPSA) is 67.2 Å². The van der Waals surface area contributed by atoms with Crippen LogP contribution in [0.2, 0.25) is 0 Å². The van der Waals surface area contributed by atoms with Gasteiger partial charge >= 0.3 is 11.1 Å². The molecule has 0 unspecified atom stereocenters. The van der Waals surface area contributed by atoms with Crippen LogP contribution in [0, 0.1) is 0 Å². The average Bonchev–Trinajstić information content (AvgIpc) is 2.76. The standard InChI is InChI=1S/C15H12N2O2S.BrH/c16-15-17(12-3-1-2-4-13(12)20-15)9-10-5-7-11(8-6-10)14(18)19;/h1-8,16H,9H2,(H,18,19);1H. The fraction of sp³-hybridized carbons (Fsp3) is 0.0667. The summed E-state index contributed by atoms with van der Waals surface area (Å²) in [5.74, 6) is -0.912. The Balaban J connectivity index is 0.00000161. The monoisotopic (exact) mass is 364 g/mol. The predicted octanol–water partition coefficient (Wildman–Crippen LogP) is -0.478. The van der Waals surface area contributed by atoms with E-state index in [2.05, 4.69) is 0 Å². The fourth-order valence-corrected chi connectivity index (χ4v) is 3.08. The number of nitrogens with two attached hydrogens (primary N) is 1. The lowest BCUT2D eigenvalue weighted by Gasteiger charge is -2.01. The van der Waals surface area contributed by atoms with E-state index in [4.69, 9.17) is 10.8 Å². The van der Waals surface area contributed by atoms with Gasteiger partial charge < -0.3 is 22.1 Å². The van der Waals surface area contributed by atoms with Crippen LogP contribution in [0.3, 0.4) is 0 Å². The van der Waals surface area contributed by atoms with Crippen molar-refractivity contribution in [1.29, 1.82) is 0 Å². The molecule has 1 heterocycles. The number of carboxylic acid groups (broad SMARTS) is 1. The van der Waals surface area contributed by atoms with Gasteiger partial charge in [0, 0.05) is 0 Å². The molecule has 1 aromatic heterocycles. The van der Waals surface area contributed by atoms with E-state index in [-0.39, 0.29) is 17.0 Å². The van der Waals surface area contributed by atoms with Gasteiger partial charge in [-0.15, -0.1) is 0 Å². The van der Waals surface area contributed by atoms with Crippen molar-refractivity contribution in [3.05, 3.63) is 59.7 Å². The SMILES string of the molecule is Nc1sc2ccccc2[n+]1Cc1ccc(C(=O)O)cc1.[Br-]. The number of hydrogen-bond acceptors (Lipinski definition) is 3. The minimum absolute atomic E-state index is 0. The van der Waals surface area contributed by atoms with Gasteiger partial charge in [0.25, 0.3) is 0 Å². The van der Waals surface area contributed by atoms with Crippen molar-refractivity contribution in [2.45, 2.75) is 6.54 Å². The van der Waals surface area contributed by atoms with Gasteiger partial charge in [0.05, 0.1) is 10.3 Å². The number of rotatable bonds is 3. The van der Waals surface area contributed by atoms with E-state index in [1.54, 1.807) is 23.5 Å². The van der Waals surface area contributed by atoms with Gasteiger partial charge in [0.1, 0.15) is 12.1 Å². The smallest absolute Gasteiger partial charge is 0.335 e. The van der Waals surface area contributed by atoms with E-state index in [1.807, 2.05) is 41.0 Å². The quantitative estimate of drug-likeness (QED) is 0.617. The van der Waals surface area contributed by atoms with Gasteiger partial charge in [-0.25, -0.2) is 9.36 Å². The fourth-order valence-electron chi connectivity index (χ4n) is 2.15. The number of aromatic carboxylic acids is 1.